The molecule has 0 aliphatic rings. The number of pyridine rings is 1. The molecule has 2 heterocycles. The predicted molar refractivity (Wildman–Crippen MR) is 206 cm³/mol. The van der Waals surface area contributed by atoms with Crippen LogP contribution >= 0.6 is 0 Å². The van der Waals surface area contributed by atoms with Crippen LogP contribution in [0.15, 0.2) is 85.9 Å². The van der Waals surface area contributed by atoms with Crippen molar-refractivity contribution in [1.29, 1.82) is 0 Å². The maximum atomic E-state index is 12.9. The van der Waals surface area contributed by atoms with Gasteiger partial charge in [0.2, 0.25) is 23.7 Å². The Kier molecular flexibility index (Phi) is 15.7. The first-order valence-electron chi connectivity index (χ1n) is 17.4. The molecular weight excluding hydrogens is 762 g/mol. The lowest BCUT2D eigenvalue weighted by Gasteiger charge is -2.14. The zero-order valence-electron chi connectivity index (χ0n) is 31.2. The summed E-state index contributed by atoms with van der Waals surface area (Å²) in [6.45, 7) is 2.95. The lowest BCUT2D eigenvalue weighted by molar-refractivity contribution is -0.254. The van der Waals surface area contributed by atoms with Crippen molar-refractivity contribution in [3.05, 3.63) is 104 Å². The largest absolute Gasteiger partial charge is 0.493 e. The van der Waals surface area contributed by atoms with Gasteiger partial charge >= 0.3 is 0 Å². The van der Waals surface area contributed by atoms with Gasteiger partial charge in [0, 0.05) is 31.4 Å². The zero-order chi connectivity index (χ0) is 41.4. The summed E-state index contributed by atoms with van der Waals surface area (Å²) >= 11 is 0. The summed E-state index contributed by atoms with van der Waals surface area (Å²) in [6.07, 6.45) is 0. The molecule has 0 spiro atoms. The molecule has 0 aliphatic heterocycles. The van der Waals surface area contributed by atoms with Crippen molar-refractivity contribution in [2.75, 3.05) is 35.6 Å². The number of nitrogens with zero attached hydrogens (tertiary/aromatic N) is 8. The molecule has 58 heavy (non-hydrogen) atoms. The molecule has 3 aromatic carbocycles. The molecule has 0 fully saturated rings. The summed E-state index contributed by atoms with van der Waals surface area (Å²) in [5.41, 5.74) is 4.80. The monoisotopic (exact) mass is 803 g/mol. The van der Waals surface area contributed by atoms with Gasteiger partial charge in [0.15, 0.2) is 0 Å². The lowest BCUT2D eigenvalue weighted by atomic mass is 10.1. The number of nitrogens with one attached hydrogen (secondary N) is 3. The number of hydrogen-bond donors (Lipinski definition) is 9. The van der Waals surface area contributed by atoms with E-state index in [1.165, 1.54) is 6.07 Å². The average molecular weight is 804 g/mol. The van der Waals surface area contributed by atoms with Crippen LogP contribution in [0.3, 0.4) is 0 Å². The second-order valence-electron chi connectivity index (χ2n) is 12.5. The lowest BCUT2D eigenvalue weighted by Crippen LogP contribution is -2.24. The number of aromatic nitrogens is 4. The van der Waals surface area contributed by atoms with Gasteiger partial charge in [0.25, 0.3) is 5.56 Å². The number of aliphatic hydroxyl groups excluding tert-OH is 1. The Bertz CT molecular complexity index is 2240. The van der Waals surface area contributed by atoms with Crippen molar-refractivity contribution < 1.29 is 50.8 Å². The van der Waals surface area contributed by atoms with E-state index in [2.05, 4.69) is 70.9 Å². The molecule has 0 saturated heterocycles. The summed E-state index contributed by atoms with van der Waals surface area (Å²) < 4.78 is 1.10. The van der Waals surface area contributed by atoms with Crippen LogP contribution < -0.4 is 21.5 Å². The van der Waals surface area contributed by atoms with E-state index in [0.29, 0.717) is 50.6 Å². The molecule has 0 amide bonds. The van der Waals surface area contributed by atoms with Gasteiger partial charge in [0.05, 0.1) is 23.7 Å². The fourth-order valence-corrected chi connectivity index (χ4v) is 5.54. The van der Waals surface area contributed by atoms with Crippen LogP contribution in [0.2, 0.25) is 0 Å². The minimum Gasteiger partial charge on any atom is -0.493 e. The number of anilines is 4. The molecular formula is C36H41N11O11. The predicted octanol–water partition coefficient (Wildman–Crippen LogP) is 6.40. The fraction of sp³-hybridized carbons (Fsp3) is 0.278. The molecule has 0 radical (unpaired) electrons. The van der Waals surface area contributed by atoms with Crippen LogP contribution in [-0.4, -0.2) is 70.5 Å². The molecule has 5 aromatic rings. The van der Waals surface area contributed by atoms with E-state index in [1.807, 2.05) is 6.92 Å². The normalized spacial score (nSPS) is 11.5. The Balaban J connectivity index is 1.30. The second-order valence-corrected chi connectivity index (χ2v) is 12.5. The molecule has 22 nitrogen and oxygen atoms in total. The SMILES string of the molecule is Cc1cc(Nc2nc(NCCO)nc(NCCn3c(O)c(N=Nc4cc(COO)cc(COO)c4)c(C)cc3=O)n2)ccc1N=Nc1cc(COO)cc(COO)c1. The number of azo groups is 2. The molecule has 22 heteroatoms. The van der Waals surface area contributed by atoms with E-state index in [9.17, 15) is 15.0 Å². The van der Waals surface area contributed by atoms with Gasteiger partial charge in [-0.3, -0.25) is 30.4 Å². The number of benzene rings is 3. The maximum absolute atomic E-state index is 12.9. The Morgan fingerprint density at radius 3 is 1.67 bits per heavy atom. The molecule has 0 atom stereocenters. The van der Waals surface area contributed by atoms with E-state index >= 15 is 0 Å². The number of aliphatic hydroxyl groups is 1. The number of rotatable bonds is 21. The highest BCUT2D eigenvalue weighted by molar-refractivity contribution is 5.62. The van der Waals surface area contributed by atoms with Crippen LogP contribution in [0.5, 0.6) is 5.88 Å². The Morgan fingerprint density at radius 1 is 0.638 bits per heavy atom. The van der Waals surface area contributed by atoms with Crippen molar-refractivity contribution in [3.8, 4) is 5.88 Å². The molecule has 0 bridgehead atoms. The third kappa shape index (κ3) is 12.1. The smallest absolute Gasteiger partial charge is 0.253 e. The van der Waals surface area contributed by atoms with Crippen molar-refractivity contribution in [3.63, 3.8) is 0 Å². The topological polar surface area (TPSA) is 304 Å². The van der Waals surface area contributed by atoms with Crippen LogP contribution in [0.1, 0.15) is 33.4 Å². The molecule has 306 valence electrons. The van der Waals surface area contributed by atoms with Crippen LogP contribution in [0.4, 0.5) is 46.3 Å². The molecule has 0 aliphatic carbocycles. The third-order valence-corrected chi connectivity index (χ3v) is 8.09. The van der Waals surface area contributed by atoms with Gasteiger partial charge in [0.1, 0.15) is 32.1 Å². The average Bonchev–Trinajstić information content (AvgIpc) is 3.18. The van der Waals surface area contributed by atoms with Crippen molar-refractivity contribution in [2.45, 2.75) is 46.8 Å². The fourth-order valence-electron chi connectivity index (χ4n) is 5.54. The van der Waals surface area contributed by atoms with Gasteiger partial charge < -0.3 is 26.2 Å². The molecule has 0 saturated carbocycles. The maximum Gasteiger partial charge on any atom is 0.253 e. The van der Waals surface area contributed by atoms with Gasteiger partial charge in [-0.15, -0.1) is 5.11 Å². The first-order valence-corrected chi connectivity index (χ1v) is 17.4. The molecule has 9 N–H and O–H groups in total. The summed E-state index contributed by atoms with van der Waals surface area (Å²) in [5.74, 6) is -0.0160. The minimum absolute atomic E-state index is 0.0339. The van der Waals surface area contributed by atoms with Gasteiger partial charge in [-0.05, 0) is 89.7 Å². The van der Waals surface area contributed by atoms with E-state index in [0.717, 1.165) is 10.1 Å². The minimum atomic E-state index is -0.493. The van der Waals surface area contributed by atoms with E-state index in [-0.39, 0.29) is 76.2 Å². The number of aryl methyl sites for hydroxylation is 2. The molecule has 5 rings (SSSR count). The molecule has 2 aromatic heterocycles. The third-order valence-electron chi connectivity index (χ3n) is 8.09. The molecule has 0 unspecified atom stereocenters. The van der Waals surface area contributed by atoms with Gasteiger partial charge in [-0.2, -0.15) is 30.3 Å². The van der Waals surface area contributed by atoms with Crippen LogP contribution in [-0.2, 0) is 52.5 Å². The quantitative estimate of drug-likeness (QED) is 0.0220. The van der Waals surface area contributed by atoms with E-state index < -0.39 is 11.4 Å². The van der Waals surface area contributed by atoms with Gasteiger partial charge in [-0.25, -0.2) is 19.6 Å². The first kappa shape index (κ1) is 42.8. The van der Waals surface area contributed by atoms with Crippen molar-refractivity contribution >= 4 is 46.3 Å². The summed E-state index contributed by atoms with van der Waals surface area (Å²) in [7, 11) is 0. The van der Waals surface area contributed by atoms with E-state index in [4.69, 9.17) is 21.0 Å². The standard InChI is InChI=1S/C36H41N11O11/c1-21-9-27(3-4-30(21)45-43-28-13-23(17-55-51)11-24(14-28)18-56-52)39-36-41-34(40-35(42-36)38-6-8-48)37-5-7-47-31(49)10-22(2)32(33(47)50)46-44-29-15-25(19-57-53)12-26(16-29)20-58-54/h3-4,9-16,48,50-54H,5-8,17-20H2,1-2H3,(H3,37,38,39,40,41,42). The van der Waals surface area contributed by atoms with E-state index in [1.54, 1.807) is 61.5 Å². The summed E-state index contributed by atoms with van der Waals surface area (Å²) in [4.78, 5) is 43.0. The highest BCUT2D eigenvalue weighted by Crippen LogP contribution is 2.31. The number of aromatic hydroxyl groups is 1. The Hall–Kier alpha value is -6.34. The summed E-state index contributed by atoms with van der Waals surface area (Å²) in [6, 6.07) is 16.4. The zero-order valence-corrected chi connectivity index (χ0v) is 31.2. The van der Waals surface area contributed by atoms with Crippen LogP contribution in [0.25, 0.3) is 0 Å². The first-order chi connectivity index (χ1) is 28.1. The van der Waals surface area contributed by atoms with Crippen molar-refractivity contribution in [2.24, 2.45) is 20.5 Å². The Morgan fingerprint density at radius 2 is 1.16 bits per heavy atom. The number of hydrogen-bond acceptors (Lipinski definition) is 21. The van der Waals surface area contributed by atoms with Crippen LogP contribution in [0, 0.1) is 13.8 Å². The highest BCUT2D eigenvalue weighted by atomic mass is 17.1. The summed E-state index contributed by atoms with van der Waals surface area (Å²) in [5, 5.41) is 82.0. The highest BCUT2D eigenvalue weighted by Gasteiger charge is 2.14. The van der Waals surface area contributed by atoms with Gasteiger partial charge in [-0.1, -0.05) is 12.1 Å². The van der Waals surface area contributed by atoms with Crippen molar-refractivity contribution in [1.82, 2.24) is 19.5 Å². The second kappa shape index (κ2) is 21.3. The Labute approximate surface area is 329 Å².